The Balaban J connectivity index is 2.16. The third-order valence-corrected chi connectivity index (χ3v) is 3.48. The molecule has 1 N–H and O–H groups in total. The molecule has 0 radical (unpaired) electrons. The van der Waals surface area contributed by atoms with Crippen LogP contribution in [0.5, 0.6) is 0 Å². The van der Waals surface area contributed by atoms with Gasteiger partial charge in [0.2, 0.25) is 0 Å². The molecule has 0 amide bonds. The lowest BCUT2D eigenvalue weighted by Gasteiger charge is -2.07. The number of rotatable bonds is 6. The van der Waals surface area contributed by atoms with E-state index in [0.29, 0.717) is 6.04 Å². The molecule has 0 bridgehead atoms. The number of imidazole rings is 1. The van der Waals surface area contributed by atoms with Gasteiger partial charge < -0.3 is 9.88 Å². The molecule has 0 saturated heterocycles. The SMILES string of the molecule is CCCc1nc2cc(CCNC(C)C)ccc2n1C. The zero-order valence-corrected chi connectivity index (χ0v) is 12.5. The highest BCUT2D eigenvalue weighted by atomic mass is 15.1. The Morgan fingerprint density at radius 1 is 1.26 bits per heavy atom. The van der Waals surface area contributed by atoms with Crippen LogP contribution in [0.15, 0.2) is 18.2 Å². The summed E-state index contributed by atoms with van der Waals surface area (Å²) in [6, 6.07) is 7.21. The van der Waals surface area contributed by atoms with Crippen molar-refractivity contribution >= 4 is 11.0 Å². The van der Waals surface area contributed by atoms with Crippen molar-refractivity contribution in [2.45, 2.75) is 46.1 Å². The standard InChI is InChI=1S/C16H25N3/c1-5-6-16-18-14-11-13(9-10-17-12(2)3)7-8-15(14)19(16)4/h7-8,11-12,17H,5-6,9-10H2,1-4H3. The Bertz CT molecular complexity index is 540. The molecule has 1 heterocycles. The van der Waals surface area contributed by atoms with E-state index in [2.05, 4.69) is 55.9 Å². The summed E-state index contributed by atoms with van der Waals surface area (Å²) in [5, 5.41) is 3.45. The first-order valence-electron chi connectivity index (χ1n) is 7.29. The Labute approximate surface area is 116 Å². The minimum Gasteiger partial charge on any atom is -0.331 e. The molecule has 104 valence electrons. The van der Waals surface area contributed by atoms with Gasteiger partial charge in [-0.2, -0.15) is 0 Å². The molecule has 2 aromatic rings. The van der Waals surface area contributed by atoms with Gasteiger partial charge in [-0.3, -0.25) is 0 Å². The van der Waals surface area contributed by atoms with Gasteiger partial charge in [-0.25, -0.2) is 4.98 Å². The monoisotopic (exact) mass is 259 g/mol. The van der Waals surface area contributed by atoms with E-state index in [-0.39, 0.29) is 0 Å². The summed E-state index contributed by atoms with van der Waals surface area (Å²) in [5.41, 5.74) is 3.74. The van der Waals surface area contributed by atoms with Crippen molar-refractivity contribution in [3.8, 4) is 0 Å². The van der Waals surface area contributed by atoms with Crippen LogP contribution in [-0.4, -0.2) is 22.1 Å². The topological polar surface area (TPSA) is 29.9 Å². The van der Waals surface area contributed by atoms with Crippen molar-refractivity contribution in [3.05, 3.63) is 29.6 Å². The molecule has 1 aromatic carbocycles. The summed E-state index contributed by atoms with van der Waals surface area (Å²) in [5.74, 6) is 1.19. The van der Waals surface area contributed by atoms with E-state index < -0.39 is 0 Å². The van der Waals surface area contributed by atoms with Crippen LogP contribution >= 0.6 is 0 Å². The van der Waals surface area contributed by atoms with E-state index in [1.54, 1.807) is 0 Å². The third-order valence-electron chi connectivity index (χ3n) is 3.48. The van der Waals surface area contributed by atoms with Gasteiger partial charge in [0.25, 0.3) is 0 Å². The van der Waals surface area contributed by atoms with Gasteiger partial charge in [0.15, 0.2) is 0 Å². The minimum absolute atomic E-state index is 0.551. The van der Waals surface area contributed by atoms with Crippen LogP contribution in [0.2, 0.25) is 0 Å². The van der Waals surface area contributed by atoms with E-state index in [0.717, 1.165) is 31.3 Å². The van der Waals surface area contributed by atoms with Crippen LogP contribution in [0.3, 0.4) is 0 Å². The molecule has 0 spiro atoms. The molecule has 3 nitrogen and oxygen atoms in total. The average molecular weight is 259 g/mol. The average Bonchev–Trinajstić information content (AvgIpc) is 2.66. The number of aryl methyl sites for hydroxylation is 2. The van der Waals surface area contributed by atoms with Crippen molar-refractivity contribution in [3.63, 3.8) is 0 Å². The largest absolute Gasteiger partial charge is 0.331 e. The highest BCUT2D eigenvalue weighted by Crippen LogP contribution is 2.18. The molecule has 1 aromatic heterocycles. The molecule has 3 heteroatoms. The van der Waals surface area contributed by atoms with Crippen LogP contribution in [-0.2, 0) is 19.9 Å². The molecule has 19 heavy (non-hydrogen) atoms. The lowest BCUT2D eigenvalue weighted by molar-refractivity contribution is 0.590. The highest BCUT2D eigenvalue weighted by Gasteiger charge is 2.07. The first-order valence-corrected chi connectivity index (χ1v) is 7.29. The smallest absolute Gasteiger partial charge is 0.109 e. The summed E-state index contributed by atoms with van der Waals surface area (Å²) in [7, 11) is 2.11. The Morgan fingerprint density at radius 2 is 2.05 bits per heavy atom. The fraction of sp³-hybridized carbons (Fsp3) is 0.562. The Hall–Kier alpha value is -1.35. The van der Waals surface area contributed by atoms with Crippen LogP contribution < -0.4 is 5.32 Å². The first kappa shape index (κ1) is 14.1. The van der Waals surface area contributed by atoms with Gasteiger partial charge in [0.1, 0.15) is 5.82 Å². The van der Waals surface area contributed by atoms with Gasteiger partial charge in [0, 0.05) is 19.5 Å². The summed E-state index contributed by atoms with van der Waals surface area (Å²) in [4.78, 5) is 4.75. The minimum atomic E-state index is 0.551. The highest BCUT2D eigenvalue weighted by molar-refractivity contribution is 5.76. The maximum absolute atomic E-state index is 4.75. The fourth-order valence-electron chi connectivity index (χ4n) is 2.40. The van der Waals surface area contributed by atoms with Gasteiger partial charge >= 0.3 is 0 Å². The molecule has 2 rings (SSSR count). The number of hydrogen-bond acceptors (Lipinski definition) is 2. The van der Waals surface area contributed by atoms with Crippen molar-refractivity contribution < 1.29 is 0 Å². The van der Waals surface area contributed by atoms with Crippen LogP contribution in [0.4, 0.5) is 0 Å². The molecule has 0 aliphatic heterocycles. The van der Waals surface area contributed by atoms with Gasteiger partial charge in [-0.05, 0) is 37.1 Å². The fourth-order valence-corrected chi connectivity index (χ4v) is 2.40. The molecule has 0 aliphatic carbocycles. The number of aromatic nitrogens is 2. The molecular weight excluding hydrogens is 234 g/mol. The van der Waals surface area contributed by atoms with E-state index in [9.17, 15) is 0 Å². The van der Waals surface area contributed by atoms with Crippen molar-refractivity contribution in [2.75, 3.05) is 6.54 Å². The first-order chi connectivity index (χ1) is 9.11. The van der Waals surface area contributed by atoms with Gasteiger partial charge in [0.05, 0.1) is 11.0 Å². The maximum Gasteiger partial charge on any atom is 0.109 e. The summed E-state index contributed by atoms with van der Waals surface area (Å²) < 4.78 is 2.22. The lowest BCUT2D eigenvalue weighted by Crippen LogP contribution is -2.24. The molecule has 0 aliphatic rings. The molecule has 0 atom stereocenters. The quantitative estimate of drug-likeness (QED) is 0.864. The molecule has 0 unspecified atom stereocenters. The van der Waals surface area contributed by atoms with Gasteiger partial charge in [-0.1, -0.05) is 26.8 Å². The van der Waals surface area contributed by atoms with Crippen molar-refractivity contribution in [2.24, 2.45) is 7.05 Å². The van der Waals surface area contributed by atoms with E-state index in [4.69, 9.17) is 4.98 Å². The zero-order valence-electron chi connectivity index (χ0n) is 12.5. The predicted molar refractivity (Wildman–Crippen MR) is 81.6 cm³/mol. The Kier molecular flexibility index (Phi) is 4.59. The second-order valence-corrected chi connectivity index (χ2v) is 5.52. The predicted octanol–water partition coefficient (Wildman–Crippen LogP) is 3.07. The van der Waals surface area contributed by atoms with E-state index in [1.807, 2.05) is 0 Å². The number of fused-ring (bicyclic) bond motifs is 1. The number of hydrogen-bond donors (Lipinski definition) is 1. The second kappa shape index (κ2) is 6.20. The third kappa shape index (κ3) is 3.35. The van der Waals surface area contributed by atoms with Crippen molar-refractivity contribution in [1.82, 2.24) is 14.9 Å². The lowest BCUT2D eigenvalue weighted by atomic mass is 10.1. The number of nitrogens with one attached hydrogen (secondary N) is 1. The van der Waals surface area contributed by atoms with Crippen LogP contribution in [0, 0.1) is 0 Å². The van der Waals surface area contributed by atoms with Crippen molar-refractivity contribution in [1.29, 1.82) is 0 Å². The van der Waals surface area contributed by atoms with Gasteiger partial charge in [-0.15, -0.1) is 0 Å². The Morgan fingerprint density at radius 3 is 2.74 bits per heavy atom. The summed E-state index contributed by atoms with van der Waals surface area (Å²) in [6.07, 6.45) is 3.26. The maximum atomic E-state index is 4.75. The zero-order chi connectivity index (χ0) is 13.8. The van der Waals surface area contributed by atoms with Crippen LogP contribution in [0.25, 0.3) is 11.0 Å². The molecular formula is C16H25N3. The number of benzene rings is 1. The normalized spacial score (nSPS) is 11.6. The summed E-state index contributed by atoms with van der Waals surface area (Å²) in [6.45, 7) is 7.58. The molecule has 0 saturated carbocycles. The summed E-state index contributed by atoms with van der Waals surface area (Å²) >= 11 is 0. The second-order valence-electron chi connectivity index (χ2n) is 5.52. The van der Waals surface area contributed by atoms with E-state index >= 15 is 0 Å². The van der Waals surface area contributed by atoms with E-state index in [1.165, 1.54) is 16.9 Å². The number of nitrogens with zero attached hydrogens (tertiary/aromatic N) is 2. The molecule has 0 fully saturated rings. The van der Waals surface area contributed by atoms with Crippen LogP contribution in [0.1, 0.15) is 38.6 Å².